The number of rotatable bonds is 3. The van der Waals surface area contributed by atoms with Crippen molar-refractivity contribution >= 4 is 39.0 Å². The minimum atomic E-state index is 0.758. The highest BCUT2D eigenvalue weighted by Crippen LogP contribution is 2.26. The summed E-state index contributed by atoms with van der Waals surface area (Å²) in [5.74, 6) is 0.959. The quantitative estimate of drug-likeness (QED) is 0.730. The highest BCUT2D eigenvalue weighted by Gasteiger charge is 2.09. The summed E-state index contributed by atoms with van der Waals surface area (Å²) in [5.41, 5.74) is 1.20. The lowest BCUT2D eigenvalue weighted by Gasteiger charge is -2.18. The number of aromatic nitrogens is 2. The molecular formula is C14H12ClN3S. The summed E-state index contributed by atoms with van der Waals surface area (Å²) in [4.78, 5) is 11.8. The summed E-state index contributed by atoms with van der Waals surface area (Å²) in [6, 6.07) is 9.94. The highest BCUT2D eigenvalue weighted by molar-refractivity contribution is 7.16. The molecule has 19 heavy (non-hydrogen) atoms. The molecule has 0 radical (unpaired) electrons. The number of hydrogen-bond donors (Lipinski definition) is 0. The fraction of sp³-hybridized carbons (Fsp3) is 0.143. The maximum Gasteiger partial charge on any atom is 0.140 e. The molecule has 2 heterocycles. The van der Waals surface area contributed by atoms with E-state index in [-0.39, 0.29) is 0 Å². The van der Waals surface area contributed by atoms with Gasteiger partial charge in [-0.15, -0.1) is 11.3 Å². The van der Waals surface area contributed by atoms with E-state index in [1.165, 1.54) is 5.56 Å². The second-order valence-electron chi connectivity index (χ2n) is 4.32. The smallest absolute Gasteiger partial charge is 0.140 e. The van der Waals surface area contributed by atoms with Crippen molar-refractivity contribution in [2.24, 2.45) is 0 Å². The van der Waals surface area contributed by atoms with E-state index in [0.29, 0.717) is 0 Å². The Kier molecular flexibility index (Phi) is 3.36. The summed E-state index contributed by atoms with van der Waals surface area (Å²) in [5, 5.41) is 3.90. The van der Waals surface area contributed by atoms with Gasteiger partial charge in [0.25, 0.3) is 0 Å². The van der Waals surface area contributed by atoms with Crippen LogP contribution in [0, 0.1) is 0 Å². The standard InChI is InChI=1S/C14H12ClN3S/c1-18(8-10-2-4-11(15)5-3-10)13-12-6-7-19-14(12)17-9-16-13/h2-7,9H,8H2,1H3. The van der Waals surface area contributed by atoms with E-state index in [9.17, 15) is 0 Å². The van der Waals surface area contributed by atoms with E-state index in [0.717, 1.165) is 27.6 Å². The molecule has 0 aliphatic heterocycles. The first-order valence-corrected chi connectivity index (χ1v) is 7.13. The molecule has 3 nitrogen and oxygen atoms in total. The van der Waals surface area contributed by atoms with E-state index in [4.69, 9.17) is 11.6 Å². The van der Waals surface area contributed by atoms with E-state index in [1.807, 2.05) is 36.7 Å². The monoisotopic (exact) mass is 289 g/mol. The van der Waals surface area contributed by atoms with Gasteiger partial charge in [0.15, 0.2) is 0 Å². The van der Waals surface area contributed by atoms with Crippen LogP contribution >= 0.6 is 22.9 Å². The van der Waals surface area contributed by atoms with Crippen molar-refractivity contribution in [3.63, 3.8) is 0 Å². The molecule has 0 saturated heterocycles. The Morgan fingerprint density at radius 3 is 2.74 bits per heavy atom. The third-order valence-corrected chi connectivity index (χ3v) is 4.01. The third kappa shape index (κ3) is 2.55. The number of hydrogen-bond acceptors (Lipinski definition) is 4. The molecule has 2 aromatic heterocycles. The van der Waals surface area contributed by atoms with Crippen LogP contribution in [0.2, 0.25) is 5.02 Å². The van der Waals surface area contributed by atoms with Gasteiger partial charge >= 0.3 is 0 Å². The van der Waals surface area contributed by atoms with Gasteiger partial charge < -0.3 is 4.90 Å². The molecule has 5 heteroatoms. The number of benzene rings is 1. The maximum atomic E-state index is 5.90. The van der Waals surface area contributed by atoms with Crippen LogP contribution in [0.15, 0.2) is 42.0 Å². The Labute approximate surface area is 120 Å². The molecule has 96 valence electrons. The predicted octanol–water partition coefficient (Wildman–Crippen LogP) is 3.98. The van der Waals surface area contributed by atoms with Gasteiger partial charge in [-0.1, -0.05) is 23.7 Å². The topological polar surface area (TPSA) is 29.0 Å². The fourth-order valence-corrected chi connectivity index (χ4v) is 2.87. The molecule has 0 spiro atoms. The zero-order chi connectivity index (χ0) is 13.2. The van der Waals surface area contributed by atoms with Gasteiger partial charge in [0.05, 0.1) is 5.39 Å². The van der Waals surface area contributed by atoms with Crippen molar-refractivity contribution in [3.05, 3.63) is 52.6 Å². The molecule has 0 bridgehead atoms. The lowest BCUT2D eigenvalue weighted by atomic mass is 10.2. The molecule has 0 aliphatic rings. The first-order valence-electron chi connectivity index (χ1n) is 5.88. The van der Waals surface area contributed by atoms with Gasteiger partial charge in [0.1, 0.15) is 17.0 Å². The first kappa shape index (κ1) is 12.4. The third-order valence-electron chi connectivity index (χ3n) is 2.94. The minimum Gasteiger partial charge on any atom is -0.355 e. The Morgan fingerprint density at radius 1 is 1.16 bits per heavy atom. The molecule has 1 aromatic carbocycles. The summed E-state index contributed by atoms with van der Waals surface area (Å²) in [6.07, 6.45) is 1.62. The second kappa shape index (κ2) is 5.15. The average molecular weight is 290 g/mol. The molecule has 0 aliphatic carbocycles. The molecule has 0 amide bonds. The van der Waals surface area contributed by atoms with Crippen LogP contribution in [0.3, 0.4) is 0 Å². The lowest BCUT2D eigenvalue weighted by molar-refractivity contribution is 0.901. The average Bonchev–Trinajstić information content (AvgIpc) is 2.89. The normalized spacial score (nSPS) is 10.8. The predicted molar refractivity (Wildman–Crippen MR) is 81.0 cm³/mol. The van der Waals surface area contributed by atoms with Gasteiger partial charge in [-0.2, -0.15) is 0 Å². The maximum absolute atomic E-state index is 5.90. The van der Waals surface area contributed by atoms with Crippen LogP contribution in [0.25, 0.3) is 10.2 Å². The van der Waals surface area contributed by atoms with Gasteiger partial charge in [-0.05, 0) is 29.1 Å². The largest absolute Gasteiger partial charge is 0.355 e. The van der Waals surface area contributed by atoms with Crippen LogP contribution in [0.1, 0.15) is 5.56 Å². The van der Waals surface area contributed by atoms with Crippen molar-refractivity contribution in [2.45, 2.75) is 6.54 Å². The van der Waals surface area contributed by atoms with E-state index < -0.39 is 0 Å². The van der Waals surface area contributed by atoms with E-state index in [2.05, 4.69) is 20.9 Å². The van der Waals surface area contributed by atoms with Gasteiger partial charge in [-0.25, -0.2) is 9.97 Å². The van der Waals surface area contributed by atoms with Crippen molar-refractivity contribution in [2.75, 3.05) is 11.9 Å². The number of thiophene rings is 1. The molecule has 3 rings (SSSR count). The second-order valence-corrected chi connectivity index (χ2v) is 5.65. The highest BCUT2D eigenvalue weighted by atomic mass is 35.5. The van der Waals surface area contributed by atoms with E-state index >= 15 is 0 Å². The molecule has 0 N–H and O–H groups in total. The molecule has 0 atom stereocenters. The van der Waals surface area contributed by atoms with Gasteiger partial charge in [0, 0.05) is 18.6 Å². The Morgan fingerprint density at radius 2 is 1.95 bits per heavy atom. The zero-order valence-electron chi connectivity index (χ0n) is 10.4. The van der Waals surface area contributed by atoms with Crippen LogP contribution in [0.5, 0.6) is 0 Å². The molecule has 0 saturated carbocycles. The Balaban J connectivity index is 1.89. The molecule has 3 aromatic rings. The van der Waals surface area contributed by atoms with Crippen molar-refractivity contribution in [1.29, 1.82) is 0 Å². The van der Waals surface area contributed by atoms with Crippen LogP contribution in [-0.2, 0) is 6.54 Å². The van der Waals surface area contributed by atoms with Gasteiger partial charge in [-0.3, -0.25) is 0 Å². The fourth-order valence-electron chi connectivity index (χ4n) is 2.02. The number of nitrogens with zero attached hydrogens (tertiary/aromatic N) is 3. The summed E-state index contributed by atoms with van der Waals surface area (Å²) >= 11 is 7.53. The van der Waals surface area contributed by atoms with Crippen LogP contribution < -0.4 is 4.90 Å². The Hall–Kier alpha value is -1.65. The van der Waals surface area contributed by atoms with Crippen LogP contribution in [0.4, 0.5) is 5.82 Å². The number of fused-ring (bicyclic) bond motifs is 1. The summed E-state index contributed by atoms with van der Waals surface area (Å²) in [7, 11) is 2.04. The summed E-state index contributed by atoms with van der Waals surface area (Å²) < 4.78 is 0. The van der Waals surface area contributed by atoms with Crippen molar-refractivity contribution in [3.8, 4) is 0 Å². The Bertz CT molecular complexity index is 693. The first-order chi connectivity index (χ1) is 9.24. The molecular weight excluding hydrogens is 278 g/mol. The summed E-state index contributed by atoms with van der Waals surface area (Å²) in [6.45, 7) is 0.791. The number of anilines is 1. The van der Waals surface area contributed by atoms with Crippen LogP contribution in [-0.4, -0.2) is 17.0 Å². The molecule has 0 fully saturated rings. The van der Waals surface area contributed by atoms with Gasteiger partial charge in [0.2, 0.25) is 0 Å². The van der Waals surface area contributed by atoms with E-state index in [1.54, 1.807) is 17.7 Å². The lowest BCUT2D eigenvalue weighted by Crippen LogP contribution is -2.17. The van der Waals surface area contributed by atoms with Crippen molar-refractivity contribution < 1.29 is 0 Å². The zero-order valence-corrected chi connectivity index (χ0v) is 11.9. The van der Waals surface area contributed by atoms with Crippen molar-refractivity contribution in [1.82, 2.24) is 9.97 Å². The minimum absolute atomic E-state index is 0.758. The molecule has 0 unspecified atom stereocenters. The number of halogens is 1. The SMILES string of the molecule is CN(Cc1ccc(Cl)cc1)c1ncnc2sccc12.